The summed E-state index contributed by atoms with van der Waals surface area (Å²) < 4.78 is 1.67. The minimum absolute atomic E-state index is 0.0702. The van der Waals surface area contributed by atoms with E-state index in [2.05, 4.69) is 36.2 Å². The fraction of sp³-hybridized carbons (Fsp3) is 0.278. The summed E-state index contributed by atoms with van der Waals surface area (Å²) in [6.07, 6.45) is 0.550. The normalized spacial score (nSPS) is 12.1. The summed E-state index contributed by atoms with van der Waals surface area (Å²) >= 11 is 9.34. The van der Waals surface area contributed by atoms with Crippen molar-refractivity contribution in [2.24, 2.45) is 5.73 Å². The van der Waals surface area contributed by atoms with E-state index in [9.17, 15) is 9.59 Å². The van der Waals surface area contributed by atoms with Gasteiger partial charge in [-0.1, -0.05) is 17.7 Å². The van der Waals surface area contributed by atoms with Crippen molar-refractivity contribution in [1.29, 1.82) is 0 Å². The highest BCUT2D eigenvalue weighted by Gasteiger charge is 2.22. The minimum atomic E-state index is -0.649. The monoisotopic (exact) mass is 494 g/mol. The van der Waals surface area contributed by atoms with Crippen LogP contribution in [0.1, 0.15) is 35.7 Å². The number of carbonyl (C=O) groups is 1. The molecule has 3 aromatic rings. The Morgan fingerprint density at radius 3 is 2.70 bits per heavy atom. The van der Waals surface area contributed by atoms with Crippen LogP contribution in [-0.4, -0.2) is 32.0 Å². The van der Waals surface area contributed by atoms with Crippen LogP contribution in [0.15, 0.2) is 27.6 Å². The highest BCUT2D eigenvalue weighted by atomic mass is 79.9. The standard InChI is InChI=1S/C18H20BrClN8O2/c1-8(24-17(29)12-14(22)27-15(23)13(19)26-12)16-25-10-5-2-4-9(20)11(10)18(30)28(16)7-3-6-21/h2,4-5,8H,3,6-7,21H2,1H3,(H,24,29)(H4,22,23,27)/t8-/m0/s1. The van der Waals surface area contributed by atoms with Crippen molar-refractivity contribution in [3.05, 3.63) is 49.7 Å². The van der Waals surface area contributed by atoms with Gasteiger partial charge in [-0.2, -0.15) is 0 Å². The molecule has 10 nitrogen and oxygen atoms in total. The zero-order valence-electron chi connectivity index (χ0n) is 16.0. The molecule has 0 aliphatic rings. The molecule has 2 heterocycles. The fourth-order valence-corrected chi connectivity index (χ4v) is 3.49. The fourth-order valence-electron chi connectivity index (χ4n) is 2.97. The van der Waals surface area contributed by atoms with Gasteiger partial charge < -0.3 is 22.5 Å². The summed E-state index contributed by atoms with van der Waals surface area (Å²) in [5.74, 6) is -0.267. The molecule has 0 aliphatic carbocycles. The maximum atomic E-state index is 13.1. The summed E-state index contributed by atoms with van der Waals surface area (Å²) in [4.78, 5) is 38.3. The number of fused-ring (bicyclic) bond motifs is 1. The number of amides is 1. The smallest absolute Gasteiger partial charge is 0.274 e. The zero-order valence-corrected chi connectivity index (χ0v) is 18.4. The molecule has 0 radical (unpaired) electrons. The van der Waals surface area contributed by atoms with E-state index in [1.165, 1.54) is 4.57 Å². The molecule has 1 amide bonds. The van der Waals surface area contributed by atoms with Crippen molar-refractivity contribution in [3.63, 3.8) is 0 Å². The van der Waals surface area contributed by atoms with E-state index in [4.69, 9.17) is 28.8 Å². The quantitative estimate of drug-likeness (QED) is 0.400. The molecule has 3 rings (SSSR count). The van der Waals surface area contributed by atoms with Crippen LogP contribution in [0.5, 0.6) is 0 Å². The molecule has 2 aromatic heterocycles. The van der Waals surface area contributed by atoms with E-state index in [1.807, 2.05) is 0 Å². The van der Waals surface area contributed by atoms with Gasteiger partial charge in [0.05, 0.1) is 22.0 Å². The van der Waals surface area contributed by atoms with Crippen molar-refractivity contribution in [2.45, 2.75) is 25.9 Å². The van der Waals surface area contributed by atoms with Crippen LogP contribution in [0, 0.1) is 0 Å². The number of nitrogens with two attached hydrogens (primary N) is 3. The third-order valence-electron chi connectivity index (χ3n) is 4.40. The first-order valence-electron chi connectivity index (χ1n) is 9.03. The summed E-state index contributed by atoms with van der Waals surface area (Å²) in [5.41, 5.74) is 17.1. The number of aromatic nitrogens is 4. The van der Waals surface area contributed by atoms with Crippen LogP contribution in [0.2, 0.25) is 5.02 Å². The molecule has 158 valence electrons. The van der Waals surface area contributed by atoms with E-state index in [-0.39, 0.29) is 27.5 Å². The number of carbonyl (C=O) groups excluding carboxylic acids is 1. The number of nitrogens with zero attached hydrogens (tertiary/aromatic N) is 4. The summed E-state index contributed by atoms with van der Waals surface area (Å²) in [6, 6.07) is 4.38. The van der Waals surface area contributed by atoms with Gasteiger partial charge in [-0.15, -0.1) is 0 Å². The van der Waals surface area contributed by atoms with Crippen molar-refractivity contribution in [2.75, 3.05) is 18.0 Å². The number of nitrogen functional groups attached to an aromatic ring is 2. The van der Waals surface area contributed by atoms with Crippen LogP contribution in [0.4, 0.5) is 11.6 Å². The Morgan fingerprint density at radius 1 is 1.27 bits per heavy atom. The van der Waals surface area contributed by atoms with E-state index < -0.39 is 11.9 Å². The van der Waals surface area contributed by atoms with Gasteiger partial charge in [-0.3, -0.25) is 14.2 Å². The van der Waals surface area contributed by atoms with E-state index in [1.54, 1.807) is 25.1 Å². The van der Waals surface area contributed by atoms with Crippen LogP contribution >= 0.6 is 27.5 Å². The molecule has 0 unspecified atom stereocenters. The summed E-state index contributed by atoms with van der Waals surface area (Å²) in [7, 11) is 0. The van der Waals surface area contributed by atoms with Gasteiger partial charge in [0.1, 0.15) is 10.4 Å². The lowest BCUT2D eigenvalue weighted by molar-refractivity contribution is 0.0933. The average molecular weight is 496 g/mol. The molecule has 1 atom stereocenters. The third kappa shape index (κ3) is 4.23. The van der Waals surface area contributed by atoms with Crippen LogP contribution in [0.3, 0.4) is 0 Å². The van der Waals surface area contributed by atoms with Crippen molar-refractivity contribution in [3.8, 4) is 0 Å². The Kier molecular flexibility index (Phi) is 6.54. The van der Waals surface area contributed by atoms with Gasteiger partial charge in [-0.05, 0) is 48.0 Å². The lowest BCUT2D eigenvalue weighted by Gasteiger charge is -2.20. The summed E-state index contributed by atoms with van der Waals surface area (Å²) in [6.45, 7) is 2.41. The number of halogens is 2. The number of hydrogen-bond acceptors (Lipinski definition) is 8. The van der Waals surface area contributed by atoms with E-state index in [0.29, 0.717) is 41.3 Å². The Hall–Kier alpha value is -2.76. The third-order valence-corrected chi connectivity index (χ3v) is 5.30. The second kappa shape index (κ2) is 8.94. The lowest BCUT2D eigenvalue weighted by atomic mass is 10.2. The number of hydrogen-bond donors (Lipinski definition) is 4. The first-order chi connectivity index (χ1) is 14.2. The molecule has 0 saturated carbocycles. The molecule has 0 saturated heterocycles. The van der Waals surface area contributed by atoms with Crippen LogP contribution < -0.4 is 28.1 Å². The number of nitrogens with one attached hydrogen (secondary N) is 1. The van der Waals surface area contributed by atoms with Gasteiger partial charge in [0.15, 0.2) is 17.3 Å². The second-order valence-corrected chi connectivity index (χ2v) is 7.69. The molecule has 0 bridgehead atoms. The molecular formula is C18H20BrClN8O2. The Bertz CT molecular complexity index is 1180. The Morgan fingerprint density at radius 2 is 2.00 bits per heavy atom. The number of benzene rings is 1. The van der Waals surface area contributed by atoms with Crippen LogP contribution in [-0.2, 0) is 6.54 Å². The van der Waals surface area contributed by atoms with Crippen LogP contribution in [0.25, 0.3) is 10.9 Å². The van der Waals surface area contributed by atoms with Gasteiger partial charge >= 0.3 is 0 Å². The predicted octanol–water partition coefficient (Wildman–Crippen LogP) is 1.61. The minimum Gasteiger partial charge on any atom is -0.382 e. The molecule has 1 aromatic carbocycles. The van der Waals surface area contributed by atoms with Gasteiger partial charge in [-0.25, -0.2) is 15.0 Å². The largest absolute Gasteiger partial charge is 0.382 e. The number of rotatable bonds is 6. The van der Waals surface area contributed by atoms with E-state index in [0.717, 1.165) is 0 Å². The van der Waals surface area contributed by atoms with Gasteiger partial charge in [0, 0.05) is 6.54 Å². The SMILES string of the molecule is C[C@H](NC(=O)c1nc(Br)c(N)nc1N)c1nc2cccc(Cl)c2c(=O)n1CCCN. The Labute approximate surface area is 185 Å². The zero-order chi connectivity index (χ0) is 22.0. The first kappa shape index (κ1) is 21.9. The molecule has 0 fully saturated rings. The van der Waals surface area contributed by atoms with Crippen molar-refractivity contribution < 1.29 is 4.79 Å². The molecule has 12 heteroatoms. The topological polar surface area (TPSA) is 168 Å². The van der Waals surface area contributed by atoms with Crippen molar-refractivity contribution in [1.82, 2.24) is 24.8 Å². The second-order valence-electron chi connectivity index (χ2n) is 6.53. The maximum Gasteiger partial charge on any atom is 0.274 e. The number of anilines is 2. The Balaban J connectivity index is 2.03. The van der Waals surface area contributed by atoms with E-state index >= 15 is 0 Å². The van der Waals surface area contributed by atoms with Gasteiger partial charge in [0.25, 0.3) is 11.5 Å². The molecular weight excluding hydrogens is 476 g/mol. The van der Waals surface area contributed by atoms with Gasteiger partial charge in [0.2, 0.25) is 0 Å². The first-order valence-corrected chi connectivity index (χ1v) is 10.2. The summed E-state index contributed by atoms with van der Waals surface area (Å²) in [5, 5.41) is 3.38. The predicted molar refractivity (Wildman–Crippen MR) is 119 cm³/mol. The average Bonchev–Trinajstić information content (AvgIpc) is 2.69. The molecule has 0 aliphatic heterocycles. The lowest BCUT2D eigenvalue weighted by Crippen LogP contribution is -2.35. The highest BCUT2D eigenvalue weighted by molar-refractivity contribution is 9.10. The molecule has 0 spiro atoms. The maximum absolute atomic E-state index is 13.1. The van der Waals surface area contributed by atoms with Crippen molar-refractivity contribution >= 4 is 56.0 Å². The highest BCUT2D eigenvalue weighted by Crippen LogP contribution is 2.22. The molecule has 30 heavy (non-hydrogen) atoms. The molecule has 7 N–H and O–H groups in total.